The van der Waals surface area contributed by atoms with Crippen LogP contribution in [-0.2, 0) is 16.0 Å². The lowest BCUT2D eigenvalue weighted by Gasteiger charge is -1.89. The third-order valence-electron chi connectivity index (χ3n) is 1.34. The van der Waals surface area contributed by atoms with Crippen molar-refractivity contribution < 1.29 is 9.53 Å². The van der Waals surface area contributed by atoms with Crippen molar-refractivity contribution >= 4 is 17.3 Å². The normalized spacial score (nSPS) is 8.54. The van der Waals surface area contributed by atoms with E-state index >= 15 is 0 Å². The van der Waals surface area contributed by atoms with Gasteiger partial charge in [-0.25, -0.2) is 0 Å². The lowest BCUT2D eigenvalue weighted by molar-refractivity contribution is -0.140. The van der Waals surface area contributed by atoms with E-state index in [1.165, 1.54) is 18.9 Å². The second-order valence-electron chi connectivity index (χ2n) is 2.41. The van der Waals surface area contributed by atoms with Gasteiger partial charge in [-0.15, -0.1) is 0 Å². The fourth-order valence-electron chi connectivity index (χ4n) is 0.697. The van der Waals surface area contributed by atoms with E-state index < -0.39 is 0 Å². The fourth-order valence-corrected chi connectivity index (χ4v) is 1.45. The Hall–Kier alpha value is -0.830. The number of carbonyl (C=O) groups is 1. The first-order valence-electron chi connectivity index (χ1n) is 4.35. The summed E-state index contributed by atoms with van der Waals surface area (Å²) in [6.07, 6.45) is 1.17. The molecule has 13 heavy (non-hydrogen) atoms. The SMILES string of the molecule is CCOC(C)=O.CCc1ccsc1. The van der Waals surface area contributed by atoms with Gasteiger partial charge in [0.2, 0.25) is 0 Å². The van der Waals surface area contributed by atoms with Crippen molar-refractivity contribution in [3.8, 4) is 0 Å². The maximum atomic E-state index is 9.82. The van der Waals surface area contributed by atoms with E-state index in [1.807, 2.05) is 0 Å². The Balaban J connectivity index is 0.000000226. The van der Waals surface area contributed by atoms with E-state index in [1.54, 1.807) is 18.3 Å². The summed E-state index contributed by atoms with van der Waals surface area (Å²) in [7, 11) is 0. The first kappa shape index (κ1) is 12.2. The van der Waals surface area contributed by atoms with Crippen LogP contribution in [0.4, 0.5) is 0 Å². The summed E-state index contributed by atoms with van der Waals surface area (Å²) in [4.78, 5) is 9.82. The summed E-state index contributed by atoms with van der Waals surface area (Å²) in [5.74, 6) is -0.211. The van der Waals surface area contributed by atoms with Crippen LogP contribution in [0.25, 0.3) is 0 Å². The van der Waals surface area contributed by atoms with Crippen molar-refractivity contribution in [2.24, 2.45) is 0 Å². The smallest absolute Gasteiger partial charge is 0.302 e. The van der Waals surface area contributed by atoms with Gasteiger partial charge < -0.3 is 4.74 Å². The Labute approximate surface area is 83.5 Å². The molecule has 0 N–H and O–H groups in total. The fraction of sp³-hybridized carbons (Fsp3) is 0.500. The molecule has 1 aromatic heterocycles. The molecule has 0 aliphatic rings. The molecule has 1 aromatic rings. The third kappa shape index (κ3) is 7.53. The van der Waals surface area contributed by atoms with Crippen LogP contribution in [0.5, 0.6) is 0 Å². The second kappa shape index (κ2) is 7.80. The van der Waals surface area contributed by atoms with E-state index in [-0.39, 0.29) is 5.97 Å². The van der Waals surface area contributed by atoms with Gasteiger partial charge in [-0.2, -0.15) is 11.3 Å². The van der Waals surface area contributed by atoms with Crippen LogP contribution in [-0.4, -0.2) is 12.6 Å². The van der Waals surface area contributed by atoms with E-state index in [0.29, 0.717) is 6.61 Å². The average molecular weight is 200 g/mol. The Morgan fingerprint density at radius 1 is 1.54 bits per heavy atom. The number of rotatable bonds is 2. The highest BCUT2D eigenvalue weighted by Crippen LogP contribution is 2.04. The topological polar surface area (TPSA) is 26.3 Å². The highest BCUT2D eigenvalue weighted by atomic mass is 32.1. The zero-order chi connectivity index (χ0) is 10.1. The predicted octanol–water partition coefficient (Wildman–Crippen LogP) is 2.88. The maximum absolute atomic E-state index is 9.82. The van der Waals surface area contributed by atoms with Crippen LogP contribution in [0.1, 0.15) is 26.3 Å². The Morgan fingerprint density at radius 2 is 2.23 bits per heavy atom. The highest BCUT2D eigenvalue weighted by Gasteiger charge is 1.82. The number of thiophene rings is 1. The van der Waals surface area contributed by atoms with Gasteiger partial charge in [0.1, 0.15) is 0 Å². The minimum Gasteiger partial charge on any atom is -0.466 e. The number of esters is 1. The summed E-state index contributed by atoms with van der Waals surface area (Å²) in [5.41, 5.74) is 1.45. The van der Waals surface area contributed by atoms with Crippen molar-refractivity contribution in [1.82, 2.24) is 0 Å². The molecule has 0 fully saturated rings. The molecular formula is C10H16O2S. The van der Waals surface area contributed by atoms with Gasteiger partial charge in [-0.1, -0.05) is 6.92 Å². The molecule has 0 saturated heterocycles. The van der Waals surface area contributed by atoms with Crippen molar-refractivity contribution in [2.75, 3.05) is 6.61 Å². The molecule has 0 atom stereocenters. The Morgan fingerprint density at radius 3 is 2.38 bits per heavy atom. The highest BCUT2D eigenvalue weighted by molar-refractivity contribution is 7.07. The molecule has 0 spiro atoms. The molecule has 0 aliphatic heterocycles. The molecule has 0 amide bonds. The molecule has 74 valence electrons. The number of carbonyl (C=O) groups excluding carboxylic acids is 1. The van der Waals surface area contributed by atoms with Crippen LogP contribution in [0.15, 0.2) is 16.8 Å². The van der Waals surface area contributed by atoms with E-state index in [2.05, 4.69) is 28.5 Å². The van der Waals surface area contributed by atoms with Crippen LogP contribution in [0.3, 0.4) is 0 Å². The average Bonchev–Trinajstić information content (AvgIpc) is 2.56. The molecule has 0 saturated carbocycles. The lowest BCUT2D eigenvalue weighted by Crippen LogP contribution is -1.95. The molecule has 0 bridgehead atoms. The third-order valence-corrected chi connectivity index (χ3v) is 2.07. The van der Waals surface area contributed by atoms with Crippen LogP contribution < -0.4 is 0 Å². The van der Waals surface area contributed by atoms with Gasteiger partial charge in [0.15, 0.2) is 0 Å². The van der Waals surface area contributed by atoms with Gasteiger partial charge in [-0.3, -0.25) is 4.79 Å². The van der Waals surface area contributed by atoms with Gasteiger partial charge in [-0.05, 0) is 35.7 Å². The number of hydrogen-bond donors (Lipinski definition) is 0. The minimum absolute atomic E-state index is 0.211. The van der Waals surface area contributed by atoms with E-state index in [4.69, 9.17) is 0 Å². The Kier molecular flexibility index (Phi) is 7.30. The van der Waals surface area contributed by atoms with Gasteiger partial charge >= 0.3 is 5.97 Å². The summed E-state index contributed by atoms with van der Waals surface area (Å²) in [6, 6.07) is 2.16. The summed E-state index contributed by atoms with van der Waals surface area (Å²) in [5, 5.41) is 4.29. The van der Waals surface area contributed by atoms with E-state index in [9.17, 15) is 4.79 Å². The zero-order valence-electron chi connectivity index (χ0n) is 8.37. The number of ether oxygens (including phenoxy) is 1. The molecule has 1 heterocycles. The summed E-state index contributed by atoms with van der Waals surface area (Å²) < 4.78 is 4.40. The van der Waals surface area contributed by atoms with Crippen molar-refractivity contribution in [3.63, 3.8) is 0 Å². The predicted molar refractivity (Wildman–Crippen MR) is 56.0 cm³/mol. The maximum Gasteiger partial charge on any atom is 0.302 e. The zero-order valence-corrected chi connectivity index (χ0v) is 9.19. The van der Waals surface area contributed by atoms with E-state index in [0.717, 1.165) is 0 Å². The molecular weight excluding hydrogens is 184 g/mol. The summed E-state index contributed by atoms with van der Waals surface area (Å²) >= 11 is 1.76. The van der Waals surface area contributed by atoms with Gasteiger partial charge in [0, 0.05) is 6.92 Å². The first-order chi connectivity index (χ1) is 6.20. The standard InChI is InChI=1S/C6H8S.C4H8O2/c1-2-6-3-4-7-5-6;1-3-6-4(2)5/h3-5H,2H2,1H3;3H2,1-2H3. The van der Waals surface area contributed by atoms with Crippen LogP contribution >= 0.6 is 11.3 Å². The largest absolute Gasteiger partial charge is 0.466 e. The summed E-state index contributed by atoms with van der Waals surface area (Å²) in [6.45, 7) is 5.82. The molecule has 0 unspecified atom stereocenters. The number of hydrogen-bond acceptors (Lipinski definition) is 3. The van der Waals surface area contributed by atoms with Gasteiger partial charge in [0.05, 0.1) is 6.61 Å². The molecule has 3 heteroatoms. The van der Waals surface area contributed by atoms with Crippen LogP contribution in [0, 0.1) is 0 Å². The Bertz CT molecular complexity index is 217. The first-order valence-corrected chi connectivity index (χ1v) is 5.29. The lowest BCUT2D eigenvalue weighted by atomic mass is 10.3. The van der Waals surface area contributed by atoms with Crippen molar-refractivity contribution in [1.29, 1.82) is 0 Å². The molecule has 2 nitrogen and oxygen atoms in total. The van der Waals surface area contributed by atoms with Gasteiger partial charge in [0.25, 0.3) is 0 Å². The number of aryl methyl sites for hydroxylation is 1. The van der Waals surface area contributed by atoms with Crippen molar-refractivity contribution in [2.45, 2.75) is 27.2 Å². The quantitative estimate of drug-likeness (QED) is 0.686. The second-order valence-corrected chi connectivity index (χ2v) is 3.19. The monoisotopic (exact) mass is 200 g/mol. The molecule has 0 radical (unpaired) electrons. The molecule has 0 aliphatic carbocycles. The van der Waals surface area contributed by atoms with Crippen molar-refractivity contribution in [3.05, 3.63) is 22.4 Å². The molecule has 0 aromatic carbocycles. The molecule has 1 rings (SSSR count). The van der Waals surface area contributed by atoms with Crippen LogP contribution in [0.2, 0.25) is 0 Å². The minimum atomic E-state index is -0.211.